The van der Waals surface area contributed by atoms with Gasteiger partial charge in [0.05, 0.1) is 7.85 Å². The van der Waals surface area contributed by atoms with E-state index in [2.05, 4.69) is 27.5 Å². The van der Waals surface area contributed by atoms with Crippen LogP contribution in [0.4, 0.5) is 0 Å². The topological polar surface area (TPSA) is 0 Å². The van der Waals surface area contributed by atoms with E-state index in [4.69, 9.17) is 7.85 Å². The van der Waals surface area contributed by atoms with Gasteiger partial charge >= 0.3 is 0 Å². The molecule has 0 aromatic rings. The Morgan fingerprint density at radius 2 is 1.64 bits per heavy atom. The minimum Gasteiger partial charge on any atom is -0.0967 e. The van der Waals surface area contributed by atoms with E-state index < -0.39 is 0 Å². The van der Waals surface area contributed by atoms with Crippen LogP contribution in [0.2, 0.25) is 19.4 Å². The number of hydrogen-bond acceptors (Lipinski definition) is 0. The van der Waals surface area contributed by atoms with E-state index >= 15 is 0 Å². The molecule has 0 nitrogen and oxygen atoms in total. The van der Waals surface area contributed by atoms with E-state index in [-0.39, 0.29) is 0 Å². The van der Waals surface area contributed by atoms with Crippen molar-refractivity contribution >= 4 is 14.6 Å². The first-order valence-corrected chi connectivity index (χ1v) is 4.87. The van der Waals surface area contributed by atoms with Crippen LogP contribution in [0, 0.1) is 5.92 Å². The van der Waals surface area contributed by atoms with Crippen molar-refractivity contribution in [1.82, 2.24) is 0 Å². The van der Waals surface area contributed by atoms with E-state index in [1.165, 1.54) is 19.3 Å². The third kappa shape index (κ3) is 4.55. The quantitative estimate of drug-likeness (QED) is 0.528. The zero-order valence-electron chi connectivity index (χ0n) is 8.43. The molecule has 1 atom stereocenters. The van der Waals surface area contributed by atoms with Crippen molar-refractivity contribution in [2.45, 2.75) is 52.5 Å². The highest BCUT2D eigenvalue weighted by Crippen LogP contribution is 2.22. The molecule has 2 radical (unpaired) electrons. The lowest BCUT2D eigenvalue weighted by Gasteiger charge is -2.19. The van der Waals surface area contributed by atoms with E-state index in [0.29, 0.717) is 12.4 Å². The first-order valence-electron chi connectivity index (χ1n) is 4.87. The van der Waals surface area contributed by atoms with Gasteiger partial charge in [-0.2, -0.15) is 0 Å². The van der Waals surface area contributed by atoms with Gasteiger partial charge in [0.1, 0.15) is 6.71 Å². The summed E-state index contributed by atoms with van der Waals surface area (Å²) in [5.74, 6) is 0.840. The molecule has 0 rings (SSSR count). The summed E-state index contributed by atoms with van der Waals surface area (Å²) < 4.78 is 0. The lowest BCUT2D eigenvalue weighted by Crippen LogP contribution is -2.15. The van der Waals surface area contributed by atoms with Crippen molar-refractivity contribution < 1.29 is 0 Å². The van der Waals surface area contributed by atoms with Crippen molar-refractivity contribution in [1.29, 1.82) is 0 Å². The Labute approximate surface area is 73.6 Å². The first kappa shape index (κ1) is 11.1. The van der Waals surface area contributed by atoms with E-state index in [9.17, 15) is 0 Å². The molecule has 0 heterocycles. The normalized spacial score (nSPS) is 13.5. The average Bonchev–Trinajstić information content (AvgIpc) is 1.99. The molecule has 0 amide bonds. The van der Waals surface area contributed by atoms with Crippen LogP contribution < -0.4 is 0 Å². The van der Waals surface area contributed by atoms with Crippen LogP contribution in [-0.4, -0.2) is 14.6 Å². The zero-order valence-corrected chi connectivity index (χ0v) is 8.43. The lowest BCUT2D eigenvalue weighted by atomic mass is 9.37. The van der Waals surface area contributed by atoms with Crippen LogP contribution in [0.3, 0.4) is 0 Å². The predicted molar refractivity (Wildman–Crippen MR) is 55.7 cm³/mol. The van der Waals surface area contributed by atoms with Gasteiger partial charge in [-0.05, 0) is 5.92 Å². The Hall–Kier alpha value is 0.130. The largest absolute Gasteiger partial charge is 0.128 e. The summed E-state index contributed by atoms with van der Waals surface area (Å²) in [5, 5.41) is 0. The number of rotatable bonds is 5. The van der Waals surface area contributed by atoms with Crippen LogP contribution in [0.1, 0.15) is 33.1 Å². The van der Waals surface area contributed by atoms with Crippen molar-refractivity contribution in [3.05, 3.63) is 0 Å². The fourth-order valence-corrected chi connectivity index (χ4v) is 1.28. The SMILES string of the molecule is [B]C(CC(CC)CC)B(C)C. The van der Waals surface area contributed by atoms with E-state index in [1.807, 2.05) is 0 Å². The summed E-state index contributed by atoms with van der Waals surface area (Å²) in [7, 11) is 5.97. The highest BCUT2D eigenvalue weighted by atomic mass is 14.1. The Morgan fingerprint density at radius 1 is 1.18 bits per heavy atom. The molecule has 0 aromatic heterocycles. The minimum atomic E-state index is 0.403. The van der Waals surface area contributed by atoms with Crippen molar-refractivity contribution in [3.8, 4) is 0 Å². The highest BCUT2D eigenvalue weighted by Gasteiger charge is 2.13. The molecular formula is C9H20B2. The molecule has 2 heteroatoms. The van der Waals surface area contributed by atoms with Crippen LogP contribution >= 0.6 is 0 Å². The van der Waals surface area contributed by atoms with Gasteiger partial charge in [-0.15, -0.1) is 0 Å². The molecule has 62 valence electrons. The third-order valence-corrected chi connectivity index (χ3v) is 2.62. The second-order valence-electron chi connectivity index (χ2n) is 3.83. The molecule has 0 aliphatic heterocycles. The lowest BCUT2D eigenvalue weighted by molar-refractivity contribution is 0.467. The van der Waals surface area contributed by atoms with Gasteiger partial charge < -0.3 is 0 Å². The van der Waals surface area contributed by atoms with Crippen LogP contribution in [-0.2, 0) is 0 Å². The molecule has 0 aromatic carbocycles. The molecule has 0 spiro atoms. The summed E-state index contributed by atoms with van der Waals surface area (Å²) in [5.41, 5.74) is 0.403. The second-order valence-corrected chi connectivity index (χ2v) is 3.83. The molecule has 0 aliphatic carbocycles. The van der Waals surface area contributed by atoms with E-state index in [1.54, 1.807) is 0 Å². The smallest absolute Gasteiger partial charge is 0.0967 e. The van der Waals surface area contributed by atoms with Crippen LogP contribution in [0.15, 0.2) is 0 Å². The fraction of sp³-hybridized carbons (Fsp3) is 1.00. The molecule has 11 heavy (non-hydrogen) atoms. The van der Waals surface area contributed by atoms with Gasteiger partial charge in [-0.1, -0.05) is 52.5 Å². The Balaban J connectivity index is 3.62. The Morgan fingerprint density at radius 3 is 1.91 bits per heavy atom. The molecule has 0 N–H and O–H groups in total. The maximum atomic E-state index is 5.97. The molecule has 0 saturated heterocycles. The summed E-state index contributed by atoms with van der Waals surface area (Å²) in [6, 6.07) is 0. The van der Waals surface area contributed by atoms with Gasteiger partial charge in [-0.25, -0.2) is 0 Å². The van der Waals surface area contributed by atoms with Gasteiger partial charge in [0, 0.05) is 0 Å². The van der Waals surface area contributed by atoms with Gasteiger partial charge in [0.2, 0.25) is 0 Å². The highest BCUT2D eigenvalue weighted by molar-refractivity contribution is 6.65. The summed E-state index contributed by atoms with van der Waals surface area (Å²) in [4.78, 5) is 0. The van der Waals surface area contributed by atoms with Crippen molar-refractivity contribution in [2.75, 3.05) is 0 Å². The fourth-order valence-electron chi connectivity index (χ4n) is 1.28. The summed E-state index contributed by atoms with van der Waals surface area (Å²) in [6.07, 6.45) is 3.75. The Kier molecular flexibility index (Phi) is 5.81. The minimum absolute atomic E-state index is 0.403. The van der Waals surface area contributed by atoms with E-state index in [0.717, 1.165) is 5.92 Å². The standard InChI is InChI=1S/C9H20B2/c1-5-8(6-2)7-9(10)11(3)4/h8-9H,5-7H2,1-4H3. The first-order chi connectivity index (χ1) is 5.11. The van der Waals surface area contributed by atoms with Crippen molar-refractivity contribution in [3.63, 3.8) is 0 Å². The molecule has 0 aliphatic rings. The maximum absolute atomic E-state index is 5.97. The molecule has 0 saturated carbocycles. The average molecular weight is 150 g/mol. The molecular weight excluding hydrogens is 130 g/mol. The molecule has 0 fully saturated rings. The molecule has 1 unspecified atom stereocenters. The zero-order chi connectivity index (χ0) is 8.85. The van der Waals surface area contributed by atoms with Gasteiger partial charge in [0.25, 0.3) is 0 Å². The predicted octanol–water partition coefficient (Wildman–Crippen LogP) is 3.06. The summed E-state index contributed by atoms with van der Waals surface area (Å²) in [6.45, 7) is 9.54. The van der Waals surface area contributed by atoms with Crippen LogP contribution in [0.25, 0.3) is 0 Å². The second kappa shape index (κ2) is 5.74. The van der Waals surface area contributed by atoms with Crippen LogP contribution in [0.5, 0.6) is 0 Å². The molecule has 0 bridgehead atoms. The number of hydrogen-bond donors (Lipinski definition) is 0. The summed E-state index contributed by atoms with van der Waals surface area (Å²) >= 11 is 0. The maximum Gasteiger partial charge on any atom is 0.128 e. The monoisotopic (exact) mass is 150 g/mol. The van der Waals surface area contributed by atoms with Crippen molar-refractivity contribution in [2.24, 2.45) is 5.92 Å². The van der Waals surface area contributed by atoms with Gasteiger partial charge in [-0.3, -0.25) is 0 Å². The van der Waals surface area contributed by atoms with Gasteiger partial charge in [0.15, 0.2) is 0 Å². The third-order valence-electron chi connectivity index (χ3n) is 2.62. The Bertz CT molecular complexity index is 87.6.